The molecule has 0 heterocycles. The molecule has 0 aliphatic heterocycles. The highest BCUT2D eigenvalue weighted by atomic mass is 35.5. The molecule has 1 rings (SSSR count). The Hall–Kier alpha value is -1.13. The van der Waals surface area contributed by atoms with Crippen LogP contribution in [-0.2, 0) is 14.5 Å². The van der Waals surface area contributed by atoms with Crippen LogP contribution in [0.25, 0.3) is 0 Å². The summed E-state index contributed by atoms with van der Waals surface area (Å²) in [5.41, 5.74) is -0.0633. The summed E-state index contributed by atoms with van der Waals surface area (Å²) in [4.78, 5) is 25.0. The molecule has 1 aliphatic carbocycles. The van der Waals surface area contributed by atoms with Gasteiger partial charge in [-0.2, -0.15) is 5.26 Å². The molecule has 0 aromatic rings. The van der Waals surface area contributed by atoms with Crippen molar-refractivity contribution in [2.45, 2.75) is 5.38 Å². The minimum Gasteiger partial charge on any atom is -0.296 e. The van der Waals surface area contributed by atoms with E-state index < -0.39 is 17.1 Å². The van der Waals surface area contributed by atoms with Gasteiger partial charge in [0.1, 0.15) is 5.38 Å². The molecular weight excluding hydrogens is 184 g/mol. The first-order chi connectivity index (χ1) is 5.66. The van der Waals surface area contributed by atoms with E-state index in [2.05, 4.69) is 4.89 Å². The van der Waals surface area contributed by atoms with Gasteiger partial charge in [-0.3, -0.25) is 9.68 Å². The Labute approximate surface area is 73.0 Å². The van der Waals surface area contributed by atoms with Crippen molar-refractivity contribution in [3.8, 4) is 0 Å². The number of alkyl halides is 1. The Morgan fingerprint density at radius 3 is 2.92 bits per heavy atom. The molecule has 0 amide bonds. The van der Waals surface area contributed by atoms with Gasteiger partial charge in [-0.1, -0.05) is 6.08 Å². The normalized spacial score (nSPS) is 22.0. The van der Waals surface area contributed by atoms with E-state index in [1.54, 1.807) is 0 Å². The molecule has 0 aromatic carbocycles. The SMILES string of the molecule is O=C(OO)C1=CC=CC(=O)C1Cl. The predicted molar refractivity (Wildman–Crippen MR) is 40.6 cm³/mol. The van der Waals surface area contributed by atoms with Crippen molar-refractivity contribution in [2.75, 3.05) is 0 Å². The Kier molecular flexibility index (Phi) is 2.62. The lowest BCUT2D eigenvalue weighted by atomic mass is 10.0. The highest BCUT2D eigenvalue weighted by molar-refractivity contribution is 6.37. The van der Waals surface area contributed by atoms with E-state index in [4.69, 9.17) is 16.9 Å². The monoisotopic (exact) mass is 188 g/mol. The molecule has 0 fully saturated rings. The Balaban J connectivity index is 2.90. The van der Waals surface area contributed by atoms with Crippen molar-refractivity contribution in [2.24, 2.45) is 0 Å². The third-order valence-electron chi connectivity index (χ3n) is 1.38. The standard InChI is InChI=1S/C7H5ClO4/c8-6-4(7(10)12-11)2-1-3-5(6)9/h1-3,6,11H. The van der Waals surface area contributed by atoms with Gasteiger partial charge in [0.25, 0.3) is 0 Å². The molecule has 4 nitrogen and oxygen atoms in total. The zero-order valence-corrected chi connectivity index (χ0v) is 6.62. The van der Waals surface area contributed by atoms with Crippen LogP contribution in [0.4, 0.5) is 0 Å². The van der Waals surface area contributed by atoms with E-state index in [1.165, 1.54) is 18.2 Å². The predicted octanol–water partition coefficient (Wildman–Crippen LogP) is 0.675. The van der Waals surface area contributed by atoms with Crippen LogP contribution < -0.4 is 0 Å². The number of carbonyl (C=O) groups excluding carboxylic acids is 2. The minimum atomic E-state index is -1.06. The summed E-state index contributed by atoms with van der Waals surface area (Å²) in [7, 11) is 0. The molecular formula is C7H5ClO4. The molecule has 1 atom stereocenters. The van der Waals surface area contributed by atoms with Crippen LogP contribution in [0, 0.1) is 0 Å². The third kappa shape index (κ3) is 1.54. The van der Waals surface area contributed by atoms with Crippen molar-refractivity contribution in [3.63, 3.8) is 0 Å². The zero-order chi connectivity index (χ0) is 9.14. The van der Waals surface area contributed by atoms with Crippen LogP contribution >= 0.6 is 11.6 Å². The van der Waals surface area contributed by atoms with Crippen LogP contribution in [0.1, 0.15) is 0 Å². The van der Waals surface area contributed by atoms with E-state index in [0.29, 0.717) is 0 Å². The van der Waals surface area contributed by atoms with Gasteiger partial charge in [-0.25, -0.2) is 4.79 Å². The molecule has 1 unspecified atom stereocenters. The van der Waals surface area contributed by atoms with Crippen LogP contribution in [0.3, 0.4) is 0 Å². The molecule has 0 saturated heterocycles. The average molecular weight is 189 g/mol. The Morgan fingerprint density at radius 2 is 2.33 bits per heavy atom. The fraction of sp³-hybridized carbons (Fsp3) is 0.143. The van der Waals surface area contributed by atoms with Crippen LogP contribution in [-0.4, -0.2) is 22.4 Å². The summed E-state index contributed by atoms with van der Waals surface area (Å²) in [6.45, 7) is 0. The van der Waals surface area contributed by atoms with E-state index in [0.717, 1.165) is 0 Å². The summed E-state index contributed by atoms with van der Waals surface area (Å²) < 4.78 is 0. The van der Waals surface area contributed by atoms with Crippen molar-refractivity contribution >= 4 is 23.4 Å². The molecule has 0 bridgehead atoms. The maximum atomic E-state index is 10.9. The van der Waals surface area contributed by atoms with Gasteiger partial charge >= 0.3 is 5.97 Å². The van der Waals surface area contributed by atoms with Crippen LogP contribution in [0.15, 0.2) is 23.8 Å². The van der Waals surface area contributed by atoms with Gasteiger partial charge in [0, 0.05) is 0 Å². The molecule has 5 heteroatoms. The Bertz CT molecular complexity index is 279. The number of halogens is 1. The summed E-state index contributed by atoms with van der Waals surface area (Å²) in [5.74, 6) is -1.41. The smallest absolute Gasteiger partial charge is 0.296 e. The highest BCUT2D eigenvalue weighted by Crippen LogP contribution is 2.17. The fourth-order valence-corrected chi connectivity index (χ4v) is 1.03. The summed E-state index contributed by atoms with van der Waals surface area (Å²) in [6.07, 6.45) is 3.93. The number of ketones is 1. The first-order valence-electron chi connectivity index (χ1n) is 3.08. The van der Waals surface area contributed by atoms with Crippen molar-refractivity contribution in [3.05, 3.63) is 23.8 Å². The summed E-state index contributed by atoms with van der Waals surface area (Å²) in [5, 5.41) is 6.95. The number of allylic oxidation sites excluding steroid dienone is 3. The maximum Gasteiger partial charge on any atom is 0.370 e. The van der Waals surface area contributed by atoms with E-state index in [1.807, 2.05) is 0 Å². The lowest BCUT2D eigenvalue weighted by molar-refractivity contribution is -0.229. The van der Waals surface area contributed by atoms with Crippen molar-refractivity contribution in [1.82, 2.24) is 0 Å². The van der Waals surface area contributed by atoms with Crippen LogP contribution in [0.2, 0.25) is 0 Å². The quantitative estimate of drug-likeness (QED) is 0.373. The van der Waals surface area contributed by atoms with E-state index >= 15 is 0 Å². The largest absolute Gasteiger partial charge is 0.370 e. The lowest BCUT2D eigenvalue weighted by Gasteiger charge is -2.09. The molecule has 1 N–H and O–H groups in total. The Morgan fingerprint density at radius 1 is 1.67 bits per heavy atom. The minimum absolute atomic E-state index is 0.0633. The van der Waals surface area contributed by atoms with Gasteiger partial charge in [-0.15, -0.1) is 11.6 Å². The number of rotatable bonds is 1. The van der Waals surface area contributed by atoms with E-state index in [-0.39, 0.29) is 5.57 Å². The first kappa shape index (κ1) is 8.96. The molecule has 0 radical (unpaired) electrons. The topological polar surface area (TPSA) is 63.6 Å². The first-order valence-corrected chi connectivity index (χ1v) is 3.52. The number of hydrogen-bond acceptors (Lipinski definition) is 4. The van der Waals surface area contributed by atoms with Gasteiger partial charge in [0.05, 0.1) is 5.57 Å². The van der Waals surface area contributed by atoms with Crippen LogP contribution in [0.5, 0.6) is 0 Å². The average Bonchev–Trinajstić information content (AvgIpc) is 2.08. The van der Waals surface area contributed by atoms with Crippen molar-refractivity contribution in [1.29, 1.82) is 0 Å². The second-order valence-corrected chi connectivity index (χ2v) is 2.56. The van der Waals surface area contributed by atoms with E-state index in [9.17, 15) is 9.59 Å². The number of carbonyl (C=O) groups is 2. The fourth-order valence-electron chi connectivity index (χ4n) is 0.793. The molecule has 1 aliphatic rings. The van der Waals surface area contributed by atoms with Crippen molar-refractivity contribution < 1.29 is 19.7 Å². The zero-order valence-electron chi connectivity index (χ0n) is 5.86. The second kappa shape index (κ2) is 3.51. The highest BCUT2D eigenvalue weighted by Gasteiger charge is 2.26. The van der Waals surface area contributed by atoms with Gasteiger partial charge < -0.3 is 0 Å². The summed E-state index contributed by atoms with van der Waals surface area (Å²) in [6, 6.07) is 0. The number of hydrogen-bond donors (Lipinski definition) is 1. The van der Waals surface area contributed by atoms with Gasteiger partial charge in [0.15, 0.2) is 5.78 Å². The third-order valence-corrected chi connectivity index (χ3v) is 1.83. The lowest BCUT2D eigenvalue weighted by Crippen LogP contribution is -2.23. The molecule has 0 aromatic heterocycles. The molecule has 64 valence electrons. The van der Waals surface area contributed by atoms with Gasteiger partial charge in [0.2, 0.25) is 0 Å². The van der Waals surface area contributed by atoms with Gasteiger partial charge in [-0.05, 0) is 12.2 Å². The molecule has 12 heavy (non-hydrogen) atoms. The second-order valence-electron chi connectivity index (χ2n) is 2.12. The molecule has 0 spiro atoms. The maximum absolute atomic E-state index is 10.9. The molecule has 0 saturated carbocycles. The summed E-state index contributed by atoms with van der Waals surface area (Å²) >= 11 is 5.53.